The molecule has 0 bridgehead atoms. The number of pyridine rings is 1. The van der Waals surface area contributed by atoms with Crippen LogP contribution in [-0.4, -0.2) is 35.1 Å². The van der Waals surface area contributed by atoms with Gasteiger partial charge in [0, 0.05) is 37.1 Å². The minimum absolute atomic E-state index is 0.201. The Morgan fingerprint density at radius 2 is 2.29 bits per heavy atom. The molecule has 1 aliphatic heterocycles. The molecule has 94 valence electrons. The lowest BCUT2D eigenvalue weighted by molar-refractivity contribution is 0.180. The van der Waals surface area contributed by atoms with E-state index in [0.717, 1.165) is 19.6 Å². The van der Waals surface area contributed by atoms with E-state index in [0.29, 0.717) is 6.04 Å². The summed E-state index contributed by atoms with van der Waals surface area (Å²) >= 11 is 0. The Morgan fingerprint density at radius 1 is 1.47 bits per heavy atom. The number of hydrogen-bond acceptors (Lipinski definition) is 3. The average molecular weight is 233 g/mol. The SMILES string of the molecule is CC(c1cccnc1)N1CCCNC(C)(C)C1. The number of nitrogens with one attached hydrogen (secondary N) is 1. The summed E-state index contributed by atoms with van der Waals surface area (Å²) in [6.45, 7) is 10.2. The van der Waals surface area contributed by atoms with E-state index < -0.39 is 0 Å². The van der Waals surface area contributed by atoms with E-state index in [1.807, 2.05) is 18.5 Å². The van der Waals surface area contributed by atoms with Crippen molar-refractivity contribution in [3.8, 4) is 0 Å². The third-order valence-corrected chi connectivity index (χ3v) is 3.54. The predicted molar refractivity (Wildman–Crippen MR) is 70.9 cm³/mol. The van der Waals surface area contributed by atoms with Gasteiger partial charge in [0.1, 0.15) is 0 Å². The molecule has 0 aliphatic carbocycles. The highest BCUT2D eigenvalue weighted by Gasteiger charge is 2.27. The maximum atomic E-state index is 4.22. The molecule has 0 radical (unpaired) electrons. The van der Waals surface area contributed by atoms with Gasteiger partial charge in [-0.1, -0.05) is 6.07 Å². The van der Waals surface area contributed by atoms with Crippen LogP contribution in [0.1, 0.15) is 38.8 Å². The van der Waals surface area contributed by atoms with Crippen molar-refractivity contribution in [2.45, 2.75) is 38.8 Å². The second-order valence-electron chi connectivity index (χ2n) is 5.60. The van der Waals surface area contributed by atoms with E-state index in [2.05, 4.69) is 42.0 Å². The summed E-state index contributed by atoms with van der Waals surface area (Å²) in [5.41, 5.74) is 1.51. The highest BCUT2D eigenvalue weighted by atomic mass is 15.2. The van der Waals surface area contributed by atoms with E-state index in [1.54, 1.807) is 0 Å². The Labute approximate surface area is 104 Å². The van der Waals surface area contributed by atoms with Crippen LogP contribution in [0, 0.1) is 0 Å². The summed E-state index contributed by atoms with van der Waals surface area (Å²) in [4.78, 5) is 6.77. The standard InChI is InChI=1S/C14H23N3/c1-12(13-6-4-7-15-10-13)17-9-5-8-16-14(2,3)11-17/h4,6-7,10,12,16H,5,8-9,11H2,1-3H3. The van der Waals surface area contributed by atoms with Crippen LogP contribution < -0.4 is 5.32 Å². The zero-order chi connectivity index (χ0) is 12.3. The van der Waals surface area contributed by atoms with Gasteiger partial charge < -0.3 is 5.32 Å². The first-order chi connectivity index (χ1) is 8.08. The summed E-state index contributed by atoms with van der Waals surface area (Å²) in [5.74, 6) is 0. The van der Waals surface area contributed by atoms with Crippen LogP contribution in [0.2, 0.25) is 0 Å². The van der Waals surface area contributed by atoms with Crippen molar-refractivity contribution in [3.63, 3.8) is 0 Å². The molecule has 1 saturated heterocycles. The molecular formula is C14H23N3. The van der Waals surface area contributed by atoms with Crippen LogP contribution in [0.4, 0.5) is 0 Å². The molecule has 2 heterocycles. The zero-order valence-corrected chi connectivity index (χ0v) is 11.1. The largest absolute Gasteiger partial charge is 0.310 e. The molecule has 3 heteroatoms. The Morgan fingerprint density at radius 3 is 3.00 bits per heavy atom. The van der Waals surface area contributed by atoms with Gasteiger partial charge >= 0.3 is 0 Å². The molecule has 1 aromatic rings. The summed E-state index contributed by atoms with van der Waals surface area (Å²) in [6.07, 6.45) is 5.04. The first kappa shape index (κ1) is 12.5. The van der Waals surface area contributed by atoms with Crippen molar-refractivity contribution in [2.75, 3.05) is 19.6 Å². The molecule has 0 saturated carbocycles. The average Bonchev–Trinajstić information content (AvgIpc) is 2.50. The fourth-order valence-electron chi connectivity index (χ4n) is 2.52. The predicted octanol–water partition coefficient (Wildman–Crippen LogP) is 2.22. The van der Waals surface area contributed by atoms with Crippen LogP contribution in [0.15, 0.2) is 24.5 Å². The van der Waals surface area contributed by atoms with Gasteiger partial charge in [-0.05, 0) is 45.4 Å². The van der Waals surface area contributed by atoms with Gasteiger partial charge in [-0.25, -0.2) is 0 Å². The zero-order valence-electron chi connectivity index (χ0n) is 11.1. The second kappa shape index (κ2) is 5.15. The molecule has 1 atom stereocenters. The van der Waals surface area contributed by atoms with Crippen molar-refractivity contribution in [1.82, 2.24) is 15.2 Å². The van der Waals surface area contributed by atoms with Crippen molar-refractivity contribution >= 4 is 0 Å². The van der Waals surface area contributed by atoms with Crippen molar-refractivity contribution < 1.29 is 0 Å². The smallest absolute Gasteiger partial charge is 0.0335 e. The molecule has 1 unspecified atom stereocenters. The highest BCUT2D eigenvalue weighted by Crippen LogP contribution is 2.23. The first-order valence-corrected chi connectivity index (χ1v) is 6.47. The van der Waals surface area contributed by atoms with Gasteiger partial charge in [0.05, 0.1) is 0 Å². The lowest BCUT2D eigenvalue weighted by Crippen LogP contribution is -2.46. The van der Waals surface area contributed by atoms with E-state index >= 15 is 0 Å². The lowest BCUT2D eigenvalue weighted by atomic mass is 10.0. The monoisotopic (exact) mass is 233 g/mol. The summed E-state index contributed by atoms with van der Waals surface area (Å²) in [5, 5.41) is 3.60. The quantitative estimate of drug-likeness (QED) is 0.849. The van der Waals surface area contributed by atoms with Gasteiger partial charge in [-0.2, -0.15) is 0 Å². The van der Waals surface area contributed by atoms with Crippen LogP contribution in [0.3, 0.4) is 0 Å². The summed E-state index contributed by atoms with van der Waals surface area (Å²) < 4.78 is 0. The molecule has 1 aromatic heterocycles. The molecule has 3 nitrogen and oxygen atoms in total. The summed E-state index contributed by atoms with van der Waals surface area (Å²) in [7, 11) is 0. The van der Waals surface area contributed by atoms with Gasteiger partial charge in [0.25, 0.3) is 0 Å². The Kier molecular flexibility index (Phi) is 3.79. The van der Waals surface area contributed by atoms with Gasteiger partial charge in [0.15, 0.2) is 0 Å². The normalized spacial score (nSPS) is 23.0. The fourth-order valence-corrected chi connectivity index (χ4v) is 2.52. The lowest BCUT2D eigenvalue weighted by Gasteiger charge is -2.34. The summed E-state index contributed by atoms with van der Waals surface area (Å²) in [6, 6.07) is 4.64. The van der Waals surface area contributed by atoms with Gasteiger partial charge in [-0.15, -0.1) is 0 Å². The second-order valence-corrected chi connectivity index (χ2v) is 5.60. The molecule has 1 fully saturated rings. The maximum Gasteiger partial charge on any atom is 0.0335 e. The topological polar surface area (TPSA) is 28.2 Å². The third kappa shape index (κ3) is 3.27. The molecule has 1 aliphatic rings. The van der Waals surface area contributed by atoms with Crippen molar-refractivity contribution in [1.29, 1.82) is 0 Å². The Hall–Kier alpha value is -0.930. The van der Waals surface area contributed by atoms with Crippen LogP contribution in [0.5, 0.6) is 0 Å². The Balaban J connectivity index is 2.10. The molecule has 0 aromatic carbocycles. The molecule has 17 heavy (non-hydrogen) atoms. The number of hydrogen-bond donors (Lipinski definition) is 1. The van der Waals surface area contributed by atoms with E-state index in [1.165, 1.54) is 12.0 Å². The van der Waals surface area contributed by atoms with E-state index in [9.17, 15) is 0 Å². The van der Waals surface area contributed by atoms with Crippen LogP contribution in [0.25, 0.3) is 0 Å². The van der Waals surface area contributed by atoms with Crippen molar-refractivity contribution in [2.24, 2.45) is 0 Å². The Bertz CT molecular complexity index is 348. The van der Waals surface area contributed by atoms with Crippen molar-refractivity contribution in [3.05, 3.63) is 30.1 Å². The van der Waals surface area contributed by atoms with E-state index in [4.69, 9.17) is 0 Å². The number of nitrogens with zero attached hydrogens (tertiary/aromatic N) is 2. The number of rotatable bonds is 2. The molecule has 2 rings (SSSR count). The van der Waals surface area contributed by atoms with Gasteiger partial charge in [0.2, 0.25) is 0 Å². The number of aromatic nitrogens is 1. The van der Waals surface area contributed by atoms with Gasteiger partial charge in [-0.3, -0.25) is 9.88 Å². The molecule has 0 amide bonds. The molecule has 0 spiro atoms. The highest BCUT2D eigenvalue weighted by molar-refractivity contribution is 5.13. The fraction of sp³-hybridized carbons (Fsp3) is 0.643. The van der Waals surface area contributed by atoms with Crippen LogP contribution in [-0.2, 0) is 0 Å². The third-order valence-electron chi connectivity index (χ3n) is 3.54. The van der Waals surface area contributed by atoms with E-state index in [-0.39, 0.29) is 5.54 Å². The first-order valence-electron chi connectivity index (χ1n) is 6.47. The minimum atomic E-state index is 0.201. The molecular weight excluding hydrogens is 210 g/mol. The maximum absolute atomic E-state index is 4.22. The molecule has 1 N–H and O–H groups in total. The minimum Gasteiger partial charge on any atom is -0.310 e. The van der Waals surface area contributed by atoms with Crippen LogP contribution >= 0.6 is 0 Å².